The Morgan fingerprint density at radius 2 is 2.00 bits per heavy atom. The molecular formula is C15H17FN2O. The van der Waals surface area contributed by atoms with E-state index in [1.807, 2.05) is 38.2 Å². The highest BCUT2D eigenvalue weighted by Crippen LogP contribution is 2.23. The molecule has 19 heavy (non-hydrogen) atoms. The summed E-state index contributed by atoms with van der Waals surface area (Å²) in [6.07, 6.45) is 0. The molecule has 1 heterocycles. The van der Waals surface area contributed by atoms with E-state index in [0.29, 0.717) is 12.3 Å². The van der Waals surface area contributed by atoms with E-state index in [-0.39, 0.29) is 12.4 Å². The van der Waals surface area contributed by atoms with Crippen LogP contribution in [0.15, 0.2) is 36.4 Å². The third-order valence-electron chi connectivity index (χ3n) is 2.73. The second-order valence-electron chi connectivity index (χ2n) is 4.32. The van der Waals surface area contributed by atoms with Gasteiger partial charge in [-0.2, -0.15) is 0 Å². The topological polar surface area (TPSA) is 34.1 Å². The first kappa shape index (κ1) is 13.5. The van der Waals surface area contributed by atoms with E-state index in [2.05, 4.69) is 10.3 Å². The van der Waals surface area contributed by atoms with Crippen molar-refractivity contribution >= 4 is 0 Å². The highest BCUT2D eigenvalue weighted by Gasteiger charge is 2.09. The third-order valence-corrected chi connectivity index (χ3v) is 2.73. The first-order valence-corrected chi connectivity index (χ1v) is 6.18. The lowest BCUT2D eigenvalue weighted by Gasteiger charge is -2.12. The Morgan fingerprint density at radius 1 is 1.21 bits per heavy atom. The molecule has 0 bridgehead atoms. The molecule has 0 spiro atoms. The minimum atomic E-state index is -0.347. The van der Waals surface area contributed by atoms with Crippen molar-refractivity contribution in [1.29, 1.82) is 0 Å². The van der Waals surface area contributed by atoms with Crippen LogP contribution in [-0.4, -0.2) is 12.0 Å². The fourth-order valence-electron chi connectivity index (χ4n) is 1.87. The normalized spacial score (nSPS) is 10.5. The first-order chi connectivity index (χ1) is 9.20. The standard InChI is InChI=1S/C15H17FN2O/c1-11-5-3-7-13(18-11)10-19-15-12(9-17-2)6-4-8-14(15)16/h3-8,17H,9-10H2,1-2H3. The minimum absolute atomic E-state index is 0.263. The highest BCUT2D eigenvalue weighted by molar-refractivity contribution is 5.35. The van der Waals surface area contributed by atoms with Gasteiger partial charge < -0.3 is 10.1 Å². The molecule has 1 aromatic carbocycles. The molecule has 2 rings (SSSR count). The van der Waals surface area contributed by atoms with Crippen molar-refractivity contribution in [1.82, 2.24) is 10.3 Å². The molecule has 0 amide bonds. The number of hydrogen-bond donors (Lipinski definition) is 1. The number of aryl methyl sites for hydroxylation is 1. The maximum Gasteiger partial charge on any atom is 0.165 e. The largest absolute Gasteiger partial charge is 0.484 e. The Labute approximate surface area is 112 Å². The molecule has 2 aromatic rings. The Balaban J connectivity index is 2.14. The summed E-state index contributed by atoms with van der Waals surface area (Å²) in [6.45, 7) is 2.74. The number of hydrogen-bond acceptors (Lipinski definition) is 3. The molecule has 0 fully saturated rings. The number of nitrogens with zero attached hydrogens (tertiary/aromatic N) is 1. The molecule has 0 saturated heterocycles. The van der Waals surface area contributed by atoms with E-state index in [9.17, 15) is 4.39 Å². The van der Waals surface area contributed by atoms with Crippen LogP contribution in [0, 0.1) is 12.7 Å². The number of rotatable bonds is 5. The zero-order valence-corrected chi connectivity index (χ0v) is 11.1. The van der Waals surface area contributed by atoms with Gasteiger partial charge in [0.15, 0.2) is 11.6 Å². The molecule has 0 aliphatic heterocycles. The molecule has 1 N–H and O–H groups in total. The molecule has 0 radical (unpaired) electrons. The number of halogens is 1. The Hall–Kier alpha value is -1.94. The van der Waals surface area contributed by atoms with E-state index in [1.165, 1.54) is 6.07 Å². The molecule has 0 aliphatic carbocycles. The SMILES string of the molecule is CNCc1cccc(F)c1OCc1cccc(C)n1. The molecule has 0 atom stereocenters. The lowest BCUT2D eigenvalue weighted by Crippen LogP contribution is -2.09. The van der Waals surface area contributed by atoms with Crippen molar-refractivity contribution in [3.05, 3.63) is 59.2 Å². The second kappa shape index (κ2) is 6.29. The van der Waals surface area contributed by atoms with E-state index in [4.69, 9.17) is 4.74 Å². The number of ether oxygens (including phenoxy) is 1. The monoisotopic (exact) mass is 260 g/mol. The number of para-hydroxylation sites is 1. The summed E-state index contributed by atoms with van der Waals surface area (Å²) in [5.41, 5.74) is 2.51. The summed E-state index contributed by atoms with van der Waals surface area (Å²) in [6, 6.07) is 10.6. The van der Waals surface area contributed by atoms with Crippen molar-refractivity contribution in [3.63, 3.8) is 0 Å². The molecule has 3 nitrogen and oxygen atoms in total. The smallest absolute Gasteiger partial charge is 0.165 e. The van der Waals surface area contributed by atoms with Crippen LogP contribution in [0.2, 0.25) is 0 Å². The van der Waals surface area contributed by atoms with Gasteiger partial charge in [-0.3, -0.25) is 4.98 Å². The van der Waals surface area contributed by atoms with E-state index in [0.717, 1.165) is 17.0 Å². The average Bonchev–Trinajstić information content (AvgIpc) is 2.38. The van der Waals surface area contributed by atoms with Gasteiger partial charge in [-0.25, -0.2) is 4.39 Å². The maximum atomic E-state index is 13.8. The lowest BCUT2D eigenvalue weighted by molar-refractivity contribution is 0.282. The maximum absolute atomic E-state index is 13.8. The van der Waals surface area contributed by atoms with Crippen LogP contribution in [0.5, 0.6) is 5.75 Å². The number of benzene rings is 1. The van der Waals surface area contributed by atoms with Crippen LogP contribution in [-0.2, 0) is 13.2 Å². The van der Waals surface area contributed by atoms with Gasteiger partial charge in [0.1, 0.15) is 6.61 Å². The molecular weight excluding hydrogens is 243 g/mol. The quantitative estimate of drug-likeness (QED) is 0.897. The summed E-state index contributed by atoms with van der Waals surface area (Å²) in [5.74, 6) is -0.0550. The molecule has 0 aliphatic rings. The summed E-state index contributed by atoms with van der Waals surface area (Å²) in [7, 11) is 1.82. The van der Waals surface area contributed by atoms with Crippen molar-refractivity contribution in [2.45, 2.75) is 20.1 Å². The Morgan fingerprint density at radius 3 is 2.74 bits per heavy atom. The van der Waals surface area contributed by atoms with Gasteiger partial charge in [-0.15, -0.1) is 0 Å². The van der Waals surface area contributed by atoms with Crippen molar-refractivity contribution in [2.75, 3.05) is 7.05 Å². The lowest BCUT2D eigenvalue weighted by atomic mass is 10.2. The van der Waals surface area contributed by atoms with Crippen molar-refractivity contribution in [2.24, 2.45) is 0 Å². The summed E-state index contributed by atoms with van der Waals surface area (Å²) in [4.78, 5) is 4.33. The first-order valence-electron chi connectivity index (χ1n) is 6.18. The summed E-state index contributed by atoms with van der Waals surface area (Å²) < 4.78 is 19.4. The van der Waals surface area contributed by atoms with Crippen molar-refractivity contribution in [3.8, 4) is 5.75 Å². The van der Waals surface area contributed by atoms with Gasteiger partial charge in [0, 0.05) is 17.8 Å². The molecule has 1 aromatic heterocycles. The molecule has 0 saturated carbocycles. The predicted molar refractivity (Wildman–Crippen MR) is 72.5 cm³/mol. The van der Waals surface area contributed by atoms with Gasteiger partial charge in [0.05, 0.1) is 5.69 Å². The fraction of sp³-hybridized carbons (Fsp3) is 0.267. The van der Waals surface area contributed by atoms with Crippen LogP contribution in [0.3, 0.4) is 0 Å². The molecule has 0 unspecified atom stereocenters. The number of pyridine rings is 1. The van der Waals surface area contributed by atoms with Gasteiger partial charge in [-0.05, 0) is 32.2 Å². The number of nitrogens with one attached hydrogen (secondary N) is 1. The van der Waals surface area contributed by atoms with E-state index >= 15 is 0 Å². The molecule has 100 valence electrons. The Bertz CT molecular complexity index is 558. The third kappa shape index (κ3) is 3.51. The van der Waals surface area contributed by atoms with E-state index in [1.54, 1.807) is 6.07 Å². The Kier molecular flexibility index (Phi) is 4.47. The zero-order valence-electron chi connectivity index (χ0n) is 11.1. The van der Waals surface area contributed by atoms with E-state index < -0.39 is 0 Å². The van der Waals surface area contributed by atoms with Gasteiger partial charge >= 0.3 is 0 Å². The predicted octanol–water partition coefficient (Wildman–Crippen LogP) is 2.83. The van der Waals surface area contributed by atoms with Crippen LogP contribution >= 0.6 is 0 Å². The van der Waals surface area contributed by atoms with Crippen LogP contribution in [0.25, 0.3) is 0 Å². The highest BCUT2D eigenvalue weighted by atomic mass is 19.1. The van der Waals surface area contributed by atoms with Gasteiger partial charge in [-0.1, -0.05) is 18.2 Å². The summed E-state index contributed by atoms with van der Waals surface area (Å²) >= 11 is 0. The summed E-state index contributed by atoms with van der Waals surface area (Å²) in [5, 5.41) is 3.00. The fourth-order valence-corrected chi connectivity index (χ4v) is 1.87. The minimum Gasteiger partial charge on any atom is -0.484 e. The van der Waals surface area contributed by atoms with Crippen LogP contribution < -0.4 is 10.1 Å². The van der Waals surface area contributed by atoms with Gasteiger partial charge in [0.25, 0.3) is 0 Å². The number of aromatic nitrogens is 1. The van der Waals surface area contributed by atoms with Crippen LogP contribution in [0.1, 0.15) is 17.0 Å². The van der Waals surface area contributed by atoms with Crippen molar-refractivity contribution < 1.29 is 9.13 Å². The zero-order chi connectivity index (χ0) is 13.7. The molecule has 4 heteroatoms. The van der Waals surface area contributed by atoms with Crippen LogP contribution in [0.4, 0.5) is 4.39 Å². The second-order valence-corrected chi connectivity index (χ2v) is 4.32. The average molecular weight is 260 g/mol. The van der Waals surface area contributed by atoms with Gasteiger partial charge in [0.2, 0.25) is 0 Å².